The Balaban J connectivity index is 2.45. The largest absolute Gasteiger partial charge is 0.478 e. The zero-order chi connectivity index (χ0) is 15.6. The molecule has 2 aromatic carbocycles. The van der Waals surface area contributed by atoms with E-state index in [0.29, 0.717) is 4.47 Å². The molecule has 6 nitrogen and oxygen atoms in total. The minimum Gasteiger partial charge on any atom is -0.478 e. The van der Waals surface area contributed by atoms with Crippen molar-refractivity contribution >= 4 is 27.6 Å². The van der Waals surface area contributed by atoms with E-state index in [1.165, 1.54) is 18.2 Å². The highest BCUT2D eigenvalue weighted by molar-refractivity contribution is 9.10. The zero-order valence-corrected chi connectivity index (χ0v) is 11.8. The van der Waals surface area contributed by atoms with Crippen LogP contribution in [0.25, 0.3) is 0 Å². The molecule has 21 heavy (non-hydrogen) atoms. The van der Waals surface area contributed by atoms with Gasteiger partial charge in [-0.15, -0.1) is 0 Å². The van der Waals surface area contributed by atoms with Crippen molar-refractivity contribution in [3.8, 4) is 11.5 Å². The lowest BCUT2D eigenvalue weighted by Gasteiger charge is -2.09. The van der Waals surface area contributed by atoms with Crippen molar-refractivity contribution in [3.63, 3.8) is 0 Å². The van der Waals surface area contributed by atoms with Gasteiger partial charge in [-0.25, -0.2) is 9.18 Å². The second-order valence-corrected chi connectivity index (χ2v) is 4.87. The van der Waals surface area contributed by atoms with Gasteiger partial charge in [0, 0.05) is 10.5 Å². The lowest BCUT2D eigenvalue weighted by molar-refractivity contribution is -0.385. The maximum Gasteiger partial charge on any atom is 0.339 e. The van der Waals surface area contributed by atoms with E-state index in [4.69, 9.17) is 9.84 Å². The van der Waals surface area contributed by atoms with Crippen LogP contribution in [0.4, 0.5) is 10.1 Å². The minimum atomic E-state index is -1.23. The van der Waals surface area contributed by atoms with E-state index in [2.05, 4.69) is 15.9 Å². The van der Waals surface area contributed by atoms with Gasteiger partial charge < -0.3 is 9.84 Å². The molecule has 0 radical (unpaired) electrons. The molecule has 0 aromatic heterocycles. The summed E-state index contributed by atoms with van der Waals surface area (Å²) in [4.78, 5) is 21.0. The van der Waals surface area contributed by atoms with Crippen LogP contribution in [0, 0.1) is 15.9 Å². The molecule has 2 aromatic rings. The topological polar surface area (TPSA) is 89.7 Å². The Morgan fingerprint density at radius 3 is 2.62 bits per heavy atom. The zero-order valence-electron chi connectivity index (χ0n) is 10.2. The van der Waals surface area contributed by atoms with Gasteiger partial charge in [0.1, 0.15) is 22.9 Å². The molecule has 0 spiro atoms. The van der Waals surface area contributed by atoms with E-state index in [0.717, 1.165) is 18.2 Å². The van der Waals surface area contributed by atoms with E-state index in [9.17, 15) is 19.3 Å². The SMILES string of the molecule is O=C(O)c1ccc(Br)cc1Oc1cc(F)cc([N+](=O)[O-])c1. The number of nitro benzene ring substituents is 1. The first-order valence-corrected chi connectivity index (χ1v) is 6.32. The number of non-ortho nitro benzene ring substituents is 1. The van der Waals surface area contributed by atoms with Crippen LogP contribution in [0.3, 0.4) is 0 Å². The van der Waals surface area contributed by atoms with Gasteiger partial charge in [0.25, 0.3) is 5.69 Å². The molecule has 1 N–H and O–H groups in total. The molecule has 0 saturated heterocycles. The molecule has 0 aliphatic carbocycles. The van der Waals surface area contributed by atoms with Gasteiger partial charge >= 0.3 is 5.97 Å². The molecule has 0 atom stereocenters. The van der Waals surface area contributed by atoms with Gasteiger partial charge in [-0.2, -0.15) is 0 Å². The lowest BCUT2D eigenvalue weighted by Crippen LogP contribution is -2.00. The number of hydrogen-bond acceptors (Lipinski definition) is 4. The molecule has 0 saturated carbocycles. The number of rotatable bonds is 4. The first-order chi connectivity index (χ1) is 9.86. The van der Waals surface area contributed by atoms with Crippen molar-refractivity contribution in [2.24, 2.45) is 0 Å². The fourth-order valence-corrected chi connectivity index (χ4v) is 1.94. The van der Waals surface area contributed by atoms with Gasteiger partial charge in [0.15, 0.2) is 0 Å². The van der Waals surface area contributed by atoms with E-state index >= 15 is 0 Å². The summed E-state index contributed by atoms with van der Waals surface area (Å²) in [6.07, 6.45) is 0. The number of nitrogens with zero attached hydrogens (tertiary/aromatic N) is 1. The monoisotopic (exact) mass is 355 g/mol. The lowest BCUT2D eigenvalue weighted by atomic mass is 10.2. The Bertz CT molecular complexity index is 734. The minimum absolute atomic E-state index is 0.0585. The van der Waals surface area contributed by atoms with Crippen LogP contribution in [-0.4, -0.2) is 16.0 Å². The number of carboxylic acids is 1. The van der Waals surface area contributed by atoms with E-state index in [1.807, 2.05) is 0 Å². The fraction of sp³-hybridized carbons (Fsp3) is 0. The number of halogens is 2. The fourth-order valence-electron chi connectivity index (χ4n) is 1.60. The van der Waals surface area contributed by atoms with Crippen LogP contribution in [0.1, 0.15) is 10.4 Å². The molecular formula is C13H7BrFNO5. The maximum absolute atomic E-state index is 13.3. The van der Waals surface area contributed by atoms with Crippen molar-refractivity contribution in [1.29, 1.82) is 0 Å². The average Bonchev–Trinajstić information content (AvgIpc) is 2.37. The van der Waals surface area contributed by atoms with Gasteiger partial charge in [-0.05, 0) is 18.2 Å². The third kappa shape index (κ3) is 3.54. The van der Waals surface area contributed by atoms with E-state index in [-0.39, 0.29) is 17.1 Å². The summed E-state index contributed by atoms with van der Waals surface area (Å²) in [6.45, 7) is 0. The van der Waals surface area contributed by atoms with Crippen LogP contribution in [0.15, 0.2) is 40.9 Å². The Hall–Kier alpha value is -2.48. The Morgan fingerprint density at radius 1 is 1.29 bits per heavy atom. The first kappa shape index (κ1) is 14.9. The predicted molar refractivity (Wildman–Crippen MR) is 74.2 cm³/mol. The molecule has 8 heteroatoms. The number of ether oxygens (including phenoxy) is 1. The van der Waals surface area contributed by atoms with Crippen molar-refractivity contribution in [2.45, 2.75) is 0 Å². The summed E-state index contributed by atoms with van der Waals surface area (Å²) in [5.74, 6) is -2.31. The van der Waals surface area contributed by atoms with Gasteiger partial charge in [0.2, 0.25) is 0 Å². The number of benzene rings is 2. The Labute approximate surface area is 126 Å². The normalized spacial score (nSPS) is 10.2. The number of aromatic carboxylic acids is 1. The number of carbonyl (C=O) groups is 1. The average molecular weight is 356 g/mol. The molecule has 0 unspecified atom stereocenters. The second-order valence-electron chi connectivity index (χ2n) is 3.95. The highest BCUT2D eigenvalue weighted by atomic mass is 79.9. The van der Waals surface area contributed by atoms with Crippen LogP contribution < -0.4 is 4.74 Å². The number of carboxylic acid groups (broad SMARTS) is 1. The first-order valence-electron chi connectivity index (χ1n) is 5.52. The van der Waals surface area contributed by atoms with Crippen LogP contribution >= 0.6 is 15.9 Å². The summed E-state index contributed by atoms with van der Waals surface area (Å²) in [5, 5.41) is 19.7. The molecule has 108 valence electrons. The summed E-state index contributed by atoms with van der Waals surface area (Å²) >= 11 is 3.16. The van der Waals surface area contributed by atoms with Gasteiger partial charge in [-0.3, -0.25) is 10.1 Å². The molecule has 0 fully saturated rings. The molecule has 0 amide bonds. The van der Waals surface area contributed by atoms with E-state index < -0.39 is 22.4 Å². The molecule has 2 rings (SSSR count). The number of nitro groups is 1. The Morgan fingerprint density at radius 2 is 2.00 bits per heavy atom. The summed E-state index contributed by atoms with van der Waals surface area (Å²) in [6, 6.07) is 6.86. The number of hydrogen-bond donors (Lipinski definition) is 1. The van der Waals surface area contributed by atoms with Crippen molar-refractivity contribution in [1.82, 2.24) is 0 Å². The Kier molecular flexibility index (Phi) is 4.18. The highest BCUT2D eigenvalue weighted by Crippen LogP contribution is 2.31. The van der Waals surface area contributed by atoms with Gasteiger partial charge in [-0.1, -0.05) is 15.9 Å². The quantitative estimate of drug-likeness (QED) is 0.661. The molecule has 0 bridgehead atoms. The predicted octanol–water partition coefficient (Wildman–Crippen LogP) is 3.99. The summed E-state index contributed by atoms with van der Waals surface area (Å²) in [7, 11) is 0. The molecule has 0 heterocycles. The third-order valence-corrected chi connectivity index (χ3v) is 2.96. The van der Waals surface area contributed by atoms with Gasteiger partial charge in [0.05, 0.1) is 17.1 Å². The summed E-state index contributed by atoms with van der Waals surface area (Å²) in [5.41, 5.74) is -0.637. The summed E-state index contributed by atoms with van der Waals surface area (Å²) < 4.78 is 19.1. The second kappa shape index (κ2) is 5.88. The standard InChI is InChI=1S/C13H7BrFNO5/c14-7-1-2-11(13(17)18)12(3-7)21-10-5-8(15)4-9(6-10)16(19)20/h1-6H,(H,17,18). The van der Waals surface area contributed by atoms with E-state index in [1.54, 1.807) is 0 Å². The van der Waals surface area contributed by atoms with Crippen molar-refractivity contribution < 1.29 is 24.0 Å². The molecular weight excluding hydrogens is 349 g/mol. The van der Waals surface area contributed by atoms with Crippen LogP contribution in [-0.2, 0) is 0 Å². The molecule has 0 aliphatic rings. The third-order valence-electron chi connectivity index (χ3n) is 2.47. The van der Waals surface area contributed by atoms with Crippen LogP contribution in [0.5, 0.6) is 11.5 Å². The smallest absolute Gasteiger partial charge is 0.339 e. The highest BCUT2D eigenvalue weighted by Gasteiger charge is 2.15. The maximum atomic E-state index is 13.3. The van der Waals surface area contributed by atoms with Crippen molar-refractivity contribution in [2.75, 3.05) is 0 Å². The van der Waals surface area contributed by atoms with Crippen LogP contribution in [0.2, 0.25) is 0 Å². The molecule has 0 aliphatic heterocycles. The van der Waals surface area contributed by atoms with Crippen molar-refractivity contribution in [3.05, 3.63) is 62.4 Å².